The molecule has 2 rings (SSSR count). The molecule has 0 aliphatic rings. The van der Waals surface area contributed by atoms with Gasteiger partial charge in [0.05, 0.1) is 17.1 Å². The van der Waals surface area contributed by atoms with Gasteiger partial charge in [0.1, 0.15) is 5.76 Å². The van der Waals surface area contributed by atoms with E-state index in [-0.39, 0.29) is 6.54 Å². The highest BCUT2D eigenvalue weighted by atomic mass is 32.1. The Labute approximate surface area is 102 Å². The van der Waals surface area contributed by atoms with Gasteiger partial charge in [0.2, 0.25) is 5.89 Å². The first-order valence-electron chi connectivity index (χ1n) is 5.09. The highest BCUT2D eigenvalue weighted by molar-refractivity contribution is 7.13. The minimum atomic E-state index is -0.885. The summed E-state index contributed by atoms with van der Waals surface area (Å²) < 4.78 is 5.53. The highest BCUT2D eigenvalue weighted by Gasteiger charge is 2.11. The van der Waals surface area contributed by atoms with E-state index in [0.29, 0.717) is 18.2 Å². The van der Waals surface area contributed by atoms with Crippen molar-refractivity contribution in [2.45, 2.75) is 13.5 Å². The molecule has 5 nitrogen and oxygen atoms in total. The number of thiophene rings is 1. The van der Waals surface area contributed by atoms with Crippen LogP contribution in [0.3, 0.4) is 0 Å². The fourth-order valence-corrected chi connectivity index (χ4v) is 2.03. The molecule has 0 saturated heterocycles. The SMILES string of the molecule is Cc1oc(-c2cccs2)nc1CNCC(=O)O. The number of hydrogen-bond donors (Lipinski definition) is 2. The van der Waals surface area contributed by atoms with E-state index in [1.165, 1.54) is 0 Å². The number of rotatable bonds is 5. The zero-order valence-electron chi connectivity index (χ0n) is 9.27. The maximum atomic E-state index is 10.4. The molecular weight excluding hydrogens is 240 g/mol. The summed E-state index contributed by atoms with van der Waals surface area (Å²) in [6.45, 7) is 2.13. The molecule has 6 heteroatoms. The van der Waals surface area contributed by atoms with E-state index in [2.05, 4.69) is 10.3 Å². The Hall–Kier alpha value is -1.66. The zero-order chi connectivity index (χ0) is 12.3. The third-order valence-electron chi connectivity index (χ3n) is 2.19. The Morgan fingerprint density at radius 3 is 3.12 bits per heavy atom. The van der Waals surface area contributed by atoms with Crippen LogP contribution in [0, 0.1) is 6.92 Å². The van der Waals surface area contributed by atoms with Gasteiger partial charge in [-0.15, -0.1) is 11.3 Å². The Morgan fingerprint density at radius 2 is 2.47 bits per heavy atom. The zero-order valence-corrected chi connectivity index (χ0v) is 10.1. The molecule has 2 aromatic rings. The number of oxazole rings is 1. The predicted octanol–water partition coefficient (Wildman–Crippen LogP) is 1.89. The lowest BCUT2D eigenvalue weighted by Crippen LogP contribution is -2.22. The maximum Gasteiger partial charge on any atom is 0.317 e. The summed E-state index contributed by atoms with van der Waals surface area (Å²) in [6, 6.07) is 3.87. The van der Waals surface area contributed by atoms with Crippen molar-refractivity contribution in [1.29, 1.82) is 0 Å². The van der Waals surface area contributed by atoms with Crippen LogP contribution in [0.5, 0.6) is 0 Å². The summed E-state index contributed by atoms with van der Waals surface area (Å²) in [5.74, 6) is 0.417. The molecule has 2 heterocycles. The number of aryl methyl sites for hydroxylation is 1. The summed E-state index contributed by atoms with van der Waals surface area (Å²) in [6.07, 6.45) is 0. The van der Waals surface area contributed by atoms with E-state index in [1.807, 2.05) is 24.4 Å². The second kappa shape index (κ2) is 5.11. The third-order valence-corrected chi connectivity index (χ3v) is 3.05. The minimum Gasteiger partial charge on any atom is -0.480 e. The van der Waals surface area contributed by atoms with Crippen molar-refractivity contribution >= 4 is 17.3 Å². The van der Waals surface area contributed by atoms with Gasteiger partial charge in [-0.25, -0.2) is 4.98 Å². The number of aliphatic carboxylic acids is 1. The van der Waals surface area contributed by atoms with Crippen LogP contribution >= 0.6 is 11.3 Å². The number of aromatic nitrogens is 1. The van der Waals surface area contributed by atoms with Gasteiger partial charge in [0.25, 0.3) is 0 Å². The molecule has 0 aliphatic carbocycles. The maximum absolute atomic E-state index is 10.4. The number of hydrogen-bond acceptors (Lipinski definition) is 5. The van der Waals surface area contributed by atoms with Crippen LogP contribution < -0.4 is 5.32 Å². The predicted molar refractivity (Wildman–Crippen MR) is 63.9 cm³/mol. The molecule has 0 saturated carbocycles. The summed E-state index contributed by atoms with van der Waals surface area (Å²) in [5, 5.41) is 13.2. The van der Waals surface area contributed by atoms with Crippen molar-refractivity contribution in [3.8, 4) is 10.8 Å². The first kappa shape index (κ1) is 11.8. The van der Waals surface area contributed by atoms with Gasteiger partial charge in [-0.1, -0.05) is 6.07 Å². The molecule has 0 fully saturated rings. The number of nitrogens with one attached hydrogen (secondary N) is 1. The van der Waals surface area contributed by atoms with Gasteiger partial charge in [0.15, 0.2) is 0 Å². The summed E-state index contributed by atoms with van der Waals surface area (Å²) in [7, 11) is 0. The van der Waals surface area contributed by atoms with Gasteiger partial charge < -0.3 is 14.8 Å². The first-order valence-corrected chi connectivity index (χ1v) is 5.97. The van der Waals surface area contributed by atoms with Crippen molar-refractivity contribution in [3.05, 3.63) is 29.0 Å². The molecule has 0 unspecified atom stereocenters. The Balaban J connectivity index is 2.06. The van der Waals surface area contributed by atoms with Crippen LogP contribution in [0.15, 0.2) is 21.9 Å². The molecule has 0 radical (unpaired) electrons. The molecule has 0 aliphatic heterocycles. The lowest BCUT2D eigenvalue weighted by Gasteiger charge is -1.97. The smallest absolute Gasteiger partial charge is 0.317 e. The van der Waals surface area contributed by atoms with E-state index in [1.54, 1.807) is 11.3 Å². The van der Waals surface area contributed by atoms with Gasteiger partial charge in [-0.3, -0.25) is 4.79 Å². The summed E-state index contributed by atoms with van der Waals surface area (Å²) >= 11 is 1.56. The first-order chi connectivity index (χ1) is 8.16. The lowest BCUT2D eigenvalue weighted by molar-refractivity contribution is -0.136. The molecule has 0 atom stereocenters. The van der Waals surface area contributed by atoms with Gasteiger partial charge >= 0.3 is 5.97 Å². The third kappa shape index (κ3) is 2.92. The van der Waals surface area contributed by atoms with Crippen LogP contribution in [-0.2, 0) is 11.3 Å². The van der Waals surface area contributed by atoms with E-state index in [9.17, 15) is 4.79 Å². The molecule has 0 aromatic carbocycles. The average Bonchev–Trinajstić information content (AvgIpc) is 2.87. The summed E-state index contributed by atoms with van der Waals surface area (Å²) in [5.41, 5.74) is 0.745. The summed E-state index contributed by atoms with van der Waals surface area (Å²) in [4.78, 5) is 15.7. The van der Waals surface area contributed by atoms with Gasteiger partial charge in [0, 0.05) is 6.54 Å². The van der Waals surface area contributed by atoms with E-state index in [0.717, 1.165) is 10.6 Å². The molecule has 0 spiro atoms. The van der Waals surface area contributed by atoms with Crippen molar-refractivity contribution < 1.29 is 14.3 Å². The number of carboxylic acids is 1. The van der Waals surface area contributed by atoms with Crippen molar-refractivity contribution in [2.24, 2.45) is 0 Å². The molecule has 0 bridgehead atoms. The van der Waals surface area contributed by atoms with Crippen molar-refractivity contribution in [1.82, 2.24) is 10.3 Å². The lowest BCUT2D eigenvalue weighted by atomic mass is 10.3. The van der Waals surface area contributed by atoms with Gasteiger partial charge in [-0.2, -0.15) is 0 Å². The van der Waals surface area contributed by atoms with Crippen LogP contribution in [0.25, 0.3) is 10.8 Å². The van der Waals surface area contributed by atoms with Gasteiger partial charge in [-0.05, 0) is 18.4 Å². The molecular formula is C11H12N2O3S. The second-order valence-electron chi connectivity index (χ2n) is 3.50. The normalized spacial score (nSPS) is 10.6. The number of carboxylic acid groups (broad SMARTS) is 1. The van der Waals surface area contributed by atoms with Crippen LogP contribution in [0.2, 0.25) is 0 Å². The number of carbonyl (C=O) groups is 1. The molecule has 2 aromatic heterocycles. The molecule has 90 valence electrons. The van der Waals surface area contributed by atoms with Crippen LogP contribution in [-0.4, -0.2) is 22.6 Å². The van der Waals surface area contributed by atoms with E-state index in [4.69, 9.17) is 9.52 Å². The second-order valence-corrected chi connectivity index (χ2v) is 4.44. The Bertz CT molecular complexity index is 505. The van der Waals surface area contributed by atoms with Crippen LogP contribution in [0.1, 0.15) is 11.5 Å². The molecule has 2 N–H and O–H groups in total. The fraction of sp³-hybridized carbons (Fsp3) is 0.273. The molecule has 0 amide bonds. The highest BCUT2D eigenvalue weighted by Crippen LogP contribution is 2.25. The van der Waals surface area contributed by atoms with Crippen LogP contribution in [0.4, 0.5) is 0 Å². The standard InChI is InChI=1S/C11H12N2O3S/c1-7-8(5-12-6-10(14)15)13-11(16-7)9-3-2-4-17-9/h2-4,12H,5-6H2,1H3,(H,14,15). The fourth-order valence-electron chi connectivity index (χ4n) is 1.39. The monoisotopic (exact) mass is 252 g/mol. The number of nitrogens with zero attached hydrogens (tertiary/aromatic N) is 1. The molecule has 17 heavy (non-hydrogen) atoms. The van der Waals surface area contributed by atoms with Crippen molar-refractivity contribution in [2.75, 3.05) is 6.54 Å². The quantitative estimate of drug-likeness (QED) is 0.849. The minimum absolute atomic E-state index is 0.0827. The van der Waals surface area contributed by atoms with Crippen molar-refractivity contribution in [3.63, 3.8) is 0 Å². The Morgan fingerprint density at radius 1 is 1.65 bits per heavy atom. The topological polar surface area (TPSA) is 75.4 Å². The largest absolute Gasteiger partial charge is 0.480 e. The van der Waals surface area contributed by atoms with E-state index < -0.39 is 5.97 Å². The van der Waals surface area contributed by atoms with E-state index >= 15 is 0 Å². The average molecular weight is 252 g/mol. The Kier molecular flexibility index (Phi) is 3.55.